The number of Topliss-reactive ketones (excluding diaryl/α,β-unsaturated/α-hetero) is 1. The molecule has 2 amide bonds. The highest BCUT2D eigenvalue weighted by atomic mass is 16.5. The first-order chi connectivity index (χ1) is 20.4. The molecule has 2 atom stereocenters. The van der Waals surface area contributed by atoms with Crippen molar-refractivity contribution in [3.8, 4) is 11.5 Å². The highest BCUT2D eigenvalue weighted by Crippen LogP contribution is 2.40. The maximum absolute atomic E-state index is 14.4. The predicted octanol–water partition coefficient (Wildman–Crippen LogP) is 3.72. The Morgan fingerprint density at radius 1 is 1.05 bits per heavy atom. The van der Waals surface area contributed by atoms with Crippen LogP contribution in [0.4, 0.5) is 5.69 Å². The van der Waals surface area contributed by atoms with Gasteiger partial charge in [0.05, 0.1) is 31.5 Å². The number of ether oxygens (including phenoxy) is 3. The van der Waals surface area contributed by atoms with E-state index >= 15 is 0 Å². The quantitative estimate of drug-likeness (QED) is 0.270. The van der Waals surface area contributed by atoms with Crippen molar-refractivity contribution in [3.63, 3.8) is 0 Å². The summed E-state index contributed by atoms with van der Waals surface area (Å²) in [5.74, 6) is -0.526. The topological polar surface area (TPSA) is 125 Å². The summed E-state index contributed by atoms with van der Waals surface area (Å²) in [6.45, 7) is 2.08. The number of carbonyl (C=O) groups is 3. The van der Waals surface area contributed by atoms with Crippen LogP contribution < -0.4 is 19.7 Å². The lowest BCUT2D eigenvalue weighted by atomic mass is 9.99. The second-order valence-corrected chi connectivity index (χ2v) is 9.94. The van der Waals surface area contributed by atoms with Crippen LogP contribution in [0.15, 0.2) is 66.7 Å². The van der Waals surface area contributed by atoms with Crippen molar-refractivity contribution in [2.45, 2.75) is 38.5 Å². The van der Waals surface area contributed by atoms with Crippen molar-refractivity contribution in [1.82, 2.24) is 20.3 Å². The molecule has 0 saturated carbocycles. The van der Waals surface area contributed by atoms with E-state index in [4.69, 9.17) is 14.2 Å². The van der Waals surface area contributed by atoms with Crippen LogP contribution in [-0.2, 0) is 20.9 Å². The molecule has 0 unspecified atom stereocenters. The van der Waals surface area contributed by atoms with Crippen molar-refractivity contribution in [2.75, 3.05) is 32.3 Å². The van der Waals surface area contributed by atoms with Gasteiger partial charge in [0.15, 0.2) is 17.3 Å². The molecule has 2 heterocycles. The summed E-state index contributed by atoms with van der Waals surface area (Å²) >= 11 is 0. The summed E-state index contributed by atoms with van der Waals surface area (Å²) < 4.78 is 18.5. The molecular formula is C31H33N5O6. The number of para-hydroxylation sites is 3. The standard InChI is InChI=1S/C31H33N5O6/c1-20(37)22-11-4-6-14-25(22)36(28(38)19-35-26-15-7-5-13-24(26)33-34-35)29(31(39)32-18-21-10-9-17-42-21)23-12-8-16-27(40-2)30(23)41-3/h4-8,11-16,21,29H,9-10,17-19H2,1-3H3,(H,32,39)/t21-,29-/m0/s1. The molecule has 1 N–H and O–H groups in total. The Balaban J connectivity index is 1.66. The molecule has 1 saturated heterocycles. The van der Waals surface area contributed by atoms with Gasteiger partial charge in [0.25, 0.3) is 0 Å². The molecule has 1 aliphatic rings. The molecule has 0 bridgehead atoms. The maximum atomic E-state index is 14.4. The van der Waals surface area contributed by atoms with E-state index in [2.05, 4.69) is 15.6 Å². The number of benzene rings is 3. The predicted molar refractivity (Wildman–Crippen MR) is 156 cm³/mol. The van der Waals surface area contributed by atoms with Gasteiger partial charge in [-0.05, 0) is 50.1 Å². The summed E-state index contributed by atoms with van der Waals surface area (Å²) in [6, 6.07) is 17.9. The van der Waals surface area contributed by atoms with E-state index in [-0.39, 0.29) is 36.2 Å². The minimum Gasteiger partial charge on any atom is -0.493 e. The average molecular weight is 572 g/mol. The first kappa shape index (κ1) is 28.7. The molecule has 0 spiro atoms. The fourth-order valence-electron chi connectivity index (χ4n) is 5.28. The van der Waals surface area contributed by atoms with E-state index in [1.165, 1.54) is 30.7 Å². The lowest BCUT2D eigenvalue weighted by molar-refractivity contribution is -0.127. The number of ketones is 1. The van der Waals surface area contributed by atoms with Crippen molar-refractivity contribution >= 4 is 34.3 Å². The second kappa shape index (κ2) is 12.8. The Kier molecular flexibility index (Phi) is 8.77. The third-order valence-electron chi connectivity index (χ3n) is 7.28. The van der Waals surface area contributed by atoms with Crippen LogP contribution in [0.25, 0.3) is 11.0 Å². The van der Waals surface area contributed by atoms with Crippen molar-refractivity contribution < 1.29 is 28.6 Å². The number of fused-ring (bicyclic) bond motifs is 1. The Morgan fingerprint density at radius 2 is 1.83 bits per heavy atom. The monoisotopic (exact) mass is 571 g/mol. The number of carbonyl (C=O) groups excluding carboxylic acids is 3. The largest absolute Gasteiger partial charge is 0.493 e. The Morgan fingerprint density at radius 3 is 2.57 bits per heavy atom. The number of anilines is 1. The zero-order chi connectivity index (χ0) is 29.6. The van der Waals surface area contributed by atoms with Crippen LogP contribution in [0, 0.1) is 0 Å². The molecule has 3 aromatic carbocycles. The molecule has 1 fully saturated rings. The van der Waals surface area contributed by atoms with Crippen molar-refractivity contribution in [1.29, 1.82) is 0 Å². The SMILES string of the molecule is COc1cccc([C@@H](C(=O)NC[C@@H]2CCCO2)N(C(=O)Cn2nnc3ccccc32)c2ccccc2C(C)=O)c1OC. The number of rotatable bonds is 11. The Labute approximate surface area is 243 Å². The van der Waals surface area contributed by atoms with Gasteiger partial charge in [-0.1, -0.05) is 41.6 Å². The minimum absolute atomic E-state index is 0.128. The van der Waals surface area contributed by atoms with E-state index in [0.29, 0.717) is 34.7 Å². The second-order valence-electron chi connectivity index (χ2n) is 9.94. The van der Waals surface area contributed by atoms with Gasteiger partial charge in [-0.3, -0.25) is 19.3 Å². The zero-order valence-corrected chi connectivity index (χ0v) is 23.8. The highest BCUT2D eigenvalue weighted by molar-refractivity contribution is 6.08. The first-order valence-electron chi connectivity index (χ1n) is 13.7. The molecule has 1 aliphatic heterocycles. The smallest absolute Gasteiger partial charge is 0.249 e. The number of amides is 2. The van der Waals surface area contributed by atoms with Gasteiger partial charge in [0, 0.05) is 24.3 Å². The molecule has 1 aromatic heterocycles. The molecule has 11 nitrogen and oxygen atoms in total. The minimum atomic E-state index is -1.24. The van der Waals surface area contributed by atoms with Crippen LogP contribution in [0.3, 0.4) is 0 Å². The molecule has 11 heteroatoms. The fourth-order valence-corrected chi connectivity index (χ4v) is 5.28. The van der Waals surface area contributed by atoms with E-state index < -0.39 is 17.9 Å². The van der Waals surface area contributed by atoms with Gasteiger partial charge >= 0.3 is 0 Å². The van der Waals surface area contributed by atoms with E-state index in [1.54, 1.807) is 48.5 Å². The molecule has 218 valence electrons. The van der Waals surface area contributed by atoms with Crippen LogP contribution in [-0.4, -0.2) is 66.1 Å². The lowest BCUT2D eigenvalue weighted by Crippen LogP contribution is -2.47. The van der Waals surface area contributed by atoms with Crippen LogP contribution >= 0.6 is 0 Å². The third-order valence-corrected chi connectivity index (χ3v) is 7.28. The van der Waals surface area contributed by atoms with Gasteiger partial charge in [0.2, 0.25) is 11.8 Å². The number of aromatic nitrogens is 3. The van der Waals surface area contributed by atoms with Crippen LogP contribution in [0.5, 0.6) is 11.5 Å². The molecule has 4 aromatic rings. The van der Waals surface area contributed by atoms with Crippen molar-refractivity contribution in [2.24, 2.45) is 0 Å². The van der Waals surface area contributed by atoms with Gasteiger partial charge in [0.1, 0.15) is 18.1 Å². The van der Waals surface area contributed by atoms with Crippen LogP contribution in [0.2, 0.25) is 0 Å². The highest BCUT2D eigenvalue weighted by Gasteiger charge is 2.37. The fraction of sp³-hybridized carbons (Fsp3) is 0.323. The maximum Gasteiger partial charge on any atom is 0.249 e. The molecule has 42 heavy (non-hydrogen) atoms. The van der Waals surface area contributed by atoms with E-state index in [0.717, 1.165) is 12.8 Å². The number of nitrogens with one attached hydrogen (secondary N) is 1. The summed E-state index contributed by atoms with van der Waals surface area (Å²) in [5.41, 5.74) is 2.23. The summed E-state index contributed by atoms with van der Waals surface area (Å²) in [4.78, 5) is 42.8. The number of hydrogen-bond donors (Lipinski definition) is 1. The zero-order valence-electron chi connectivity index (χ0n) is 23.8. The summed E-state index contributed by atoms with van der Waals surface area (Å²) in [6.07, 6.45) is 1.61. The number of hydrogen-bond acceptors (Lipinski definition) is 8. The lowest BCUT2D eigenvalue weighted by Gasteiger charge is -2.33. The number of methoxy groups -OCH3 is 2. The Bertz CT molecular complexity index is 1600. The summed E-state index contributed by atoms with van der Waals surface area (Å²) in [7, 11) is 2.97. The normalized spacial score (nSPS) is 15.3. The average Bonchev–Trinajstić information content (AvgIpc) is 3.68. The van der Waals surface area contributed by atoms with Gasteiger partial charge in [-0.2, -0.15) is 0 Å². The Hall–Kier alpha value is -4.77. The molecule has 0 aliphatic carbocycles. The number of nitrogens with zero attached hydrogens (tertiary/aromatic N) is 4. The molecule has 0 radical (unpaired) electrons. The molecular weight excluding hydrogens is 538 g/mol. The molecule has 5 rings (SSSR count). The van der Waals surface area contributed by atoms with Crippen LogP contribution in [0.1, 0.15) is 41.7 Å². The van der Waals surface area contributed by atoms with Gasteiger partial charge in [-0.15, -0.1) is 5.10 Å². The third kappa shape index (κ3) is 5.82. The summed E-state index contributed by atoms with van der Waals surface area (Å²) in [5, 5.41) is 11.3. The van der Waals surface area contributed by atoms with E-state index in [1.807, 2.05) is 18.2 Å². The van der Waals surface area contributed by atoms with Crippen molar-refractivity contribution in [3.05, 3.63) is 77.9 Å². The first-order valence-corrected chi connectivity index (χ1v) is 13.7. The van der Waals surface area contributed by atoms with Gasteiger partial charge in [-0.25, -0.2) is 4.68 Å². The van der Waals surface area contributed by atoms with E-state index in [9.17, 15) is 14.4 Å². The van der Waals surface area contributed by atoms with Gasteiger partial charge < -0.3 is 19.5 Å².